The summed E-state index contributed by atoms with van der Waals surface area (Å²) in [6.45, 7) is 0.244. The van der Waals surface area contributed by atoms with Gasteiger partial charge < -0.3 is 29.0 Å². The van der Waals surface area contributed by atoms with Gasteiger partial charge in [-0.15, -0.1) is 0 Å². The number of carboxylic acids is 1. The molecule has 1 aromatic carbocycles. The molecule has 2 fully saturated rings. The average Bonchev–Trinajstić information content (AvgIpc) is 3.66. The highest BCUT2D eigenvalue weighted by atomic mass is 16.5. The number of rotatable bonds is 15. The van der Waals surface area contributed by atoms with E-state index in [1.54, 1.807) is 18.3 Å². The number of hydrogen-bond donors (Lipinski definition) is 3. The second-order valence-electron chi connectivity index (χ2n) is 12.8. The molecule has 2 saturated heterocycles. The van der Waals surface area contributed by atoms with E-state index in [1.807, 2.05) is 54.6 Å². The summed E-state index contributed by atoms with van der Waals surface area (Å²) in [7, 11) is -1.12. The highest BCUT2D eigenvalue weighted by Crippen LogP contribution is 2.51. The smallest absolute Gasteiger partial charge is 0.455 e. The van der Waals surface area contributed by atoms with Gasteiger partial charge in [-0.25, -0.2) is 0 Å². The number of imide groups is 1. The van der Waals surface area contributed by atoms with Crippen LogP contribution in [0.25, 0.3) is 11.6 Å². The van der Waals surface area contributed by atoms with Gasteiger partial charge in [-0.2, -0.15) is 0 Å². The van der Waals surface area contributed by atoms with Crippen LogP contribution in [0.5, 0.6) is 5.75 Å². The number of carbonyl (C=O) groups excluding carboxylic acids is 2. The fourth-order valence-corrected chi connectivity index (χ4v) is 7.43. The van der Waals surface area contributed by atoms with Crippen LogP contribution < -0.4 is 4.74 Å². The van der Waals surface area contributed by atoms with Gasteiger partial charge in [-0.05, 0) is 104 Å². The zero-order valence-corrected chi connectivity index (χ0v) is 27.3. The third-order valence-corrected chi connectivity index (χ3v) is 9.65. The van der Waals surface area contributed by atoms with Gasteiger partial charge in [0.05, 0.1) is 23.6 Å². The van der Waals surface area contributed by atoms with Crippen LogP contribution >= 0.6 is 0 Å². The Morgan fingerprint density at radius 1 is 1.00 bits per heavy atom. The van der Waals surface area contributed by atoms with Crippen molar-refractivity contribution in [3.63, 3.8) is 0 Å². The summed E-state index contributed by atoms with van der Waals surface area (Å²) in [6, 6.07) is 18.6. The van der Waals surface area contributed by atoms with Crippen LogP contribution in [0.4, 0.5) is 0 Å². The number of unbranched alkanes of at least 4 members (excludes halogenated alkanes) is 2. The predicted octanol–water partition coefficient (Wildman–Crippen LogP) is 5.01. The van der Waals surface area contributed by atoms with Crippen molar-refractivity contribution in [2.45, 2.75) is 64.0 Å². The van der Waals surface area contributed by atoms with Crippen LogP contribution in [-0.2, 0) is 25.6 Å². The maximum absolute atomic E-state index is 13.9. The van der Waals surface area contributed by atoms with E-state index < -0.39 is 36.9 Å². The topological polar surface area (TPSA) is 160 Å². The molecule has 2 aliphatic heterocycles. The molecule has 11 nitrogen and oxygen atoms in total. The Hall–Kier alpha value is -4.52. The number of para-hydroxylation sites is 1. The van der Waals surface area contributed by atoms with Gasteiger partial charge in [0.2, 0.25) is 11.8 Å². The first-order valence-electron chi connectivity index (χ1n) is 16.9. The van der Waals surface area contributed by atoms with E-state index in [-0.39, 0.29) is 44.3 Å². The molecule has 1 aliphatic carbocycles. The number of likely N-dealkylation sites (tertiary alicyclic amines) is 1. The van der Waals surface area contributed by atoms with Crippen molar-refractivity contribution in [3.8, 4) is 5.75 Å². The quantitative estimate of drug-likeness (QED) is 0.0870. The normalized spacial score (nSPS) is 22.4. The predicted molar refractivity (Wildman–Crippen MR) is 180 cm³/mol. The fraction of sp³-hybridized carbons (Fsp3) is 0.405. The summed E-state index contributed by atoms with van der Waals surface area (Å²) in [5, 5.41) is 29.5. The third kappa shape index (κ3) is 8.04. The van der Waals surface area contributed by atoms with Crippen molar-refractivity contribution in [2.24, 2.45) is 17.8 Å². The molecule has 6 rings (SSSR count). The summed E-state index contributed by atoms with van der Waals surface area (Å²) >= 11 is 0. The molecule has 0 radical (unpaired) electrons. The number of hydrogen-bond acceptors (Lipinski definition) is 9. The first-order valence-corrected chi connectivity index (χ1v) is 16.9. The van der Waals surface area contributed by atoms with Crippen LogP contribution in [0, 0.1) is 17.8 Å². The van der Waals surface area contributed by atoms with Gasteiger partial charge in [0.15, 0.2) is 0 Å². The molecule has 256 valence electrons. The minimum atomic E-state index is -1.12. The highest BCUT2D eigenvalue weighted by molar-refractivity contribution is 6.43. The van der Waals surface area contributed by atoms with Crippen LogP contribution in [0.15, 0.2) is 82.4 Å². The van der Waals surface area contributed by atoms with Crippen molar-refractivity contribution < 1.29 is 43.4 Å². The van der Waals surface area contributed by atoms with Crippen molar-refractivity contribution in [2.75, 3.05) is 13.2 Å². The molecular weight excluding hydrogens is 627 g/mol. The Morgan fingerprint density at radius 3 is 2.55 bits per heavy atom. The van der Waals surface area contributed by atoms with Gasteiger partial charge in [-0.3, -0.25) is 24.3 Å². The SMILES string of the molecule is O=C(O)CCCCCN1C(=O)[C@@H]2[C@@H](CC(COc3ccccc3)=C3[C@@H](CC/C(=C/c4ccc(CO)o4)c4ccccn4)OB(O)C[C@@H]32)C1=O. The van der Waals surface area contributed by atoms with Gasteiger partial charge >= 0.3 is 13.1 Å². The van der Waals surface area contributed by atoms with E-state index in [1.165, 1.54) is 4.90 Å². The Labute approximate surface area is 285 Å². The molecule has 0 bridgehead atoms. The Balaban J connectivity index is 1.28. The minimum absolute atomic E-state index is 0.0506. The summed E-state index contributed by atoms with van der Waals surface area (Å²) in [5.41, 5.74) is 3.43. The molecule has 3 aliphatic rings. The molecule has 2 amide bonds. The van der Waals surface area contributed by atoms with Crippen LogP contribution in [0.3, 0.4) is 0 Å². The Morgan fingerprint density at radius 2 is 1.82 bits per heavy atom. The molecule has 4 heterocycles. The number of ether oxygens (including phenoxy) is 1. The maximum atomic E-state index is 13.9. The van der Waals surface area contributed by atoms with E-state index in [0.29, 0.717) is 55.8 Å². The third-order valence-electron chi connectivity index (χ3n) is 9.65. The number of aliphatic hydroxyl groups excluding tert-OH is 1. The lowest BCUT2D eigenvalue weighted by atomic mass is 9.58. The number of allylic oxidation sites excluding steroid dienone is 1. The van der Waals surface area contributed by atoms with Crippen LogP contribution in [0.1, 0.15) is 62.2 Å². The number of furan rings is 1. The summed E-state index contributed by atoms with van der Waals surface area (Å²) in [5.74, 6) is -1.21. The molecule has 4 atom stereocenters. The molecule has 3 N–H and O–H groups in total. The van der Waals surface area contributed by atoms with Crippen LogP contribution in [-0.4, -0.2) is 69.3 Å². The number of amides is 2. The van der Waals surface area contributed by atoms with E-state index in [0.717, 1.165) is 22.4 Å². The summed E-state index contributed by atoms with van der Waals surface area (Å²) in [4.78, 5) is 44.5. The zero-order valence-electron chi connectivity index (χ0n) is 27.3. The second-order valence-corrected chi connectivity index (χ2v) is 12.8. The van der Waals surface area contributed by atoms with Crippen LogP contribution in [0.2, 0.25) is 6.32 Å². The standard InChI is InChI=1S/C37H41BN2O9/c41-22-28-15-14-27(48-28)19-24(31-11-6-7-17-39-31)13-16-32-34-25(23-47-26-9-3-1-4-10-26)20-29-35(30(34)21-38(46)49-32)37(45)40(36(29)44)18-8-2-5-12-33(42)43/h1,3-4,6-7,9-11,14-15,17,19,29-30,32,35,41,46H,2,5,8,12-13,16,18,20-23H2,(H,42,43)/b24-19-/t29-,30+,32-,35-/m1/s1. The number of fused-ring (bicyclic) bond motifs is 3. The largest absolute Gasteiger partial charge is 0.489 e. The van der Waals surface area contributed by atoms with E-state index in [4.69, 9.17) is 18.9 Å². The molecule has 12 heteroatoms. The molecule has 2 aromatic heterocycles. The minimum Gasteiger partial charge on any atom is -0.489 e. The summed E-state index contributed by atoms with van der Waals surface area (Å²) < 4.78 is 18.2. The van der Waals surface area contributed by atoms with Gasteiger partial charge in [0, 0.05) is 19.2 Å². The highest BCUT2D eigenvalue weighted by Gasteiger charge is 2.57. The number of benzene rings is 1. The molecule has 3 aromatic rings. The van der Waals surface area contributed by atoms with Gasteiger partial charge in [-0.1, -0.05) is 30.7 Å². The fourth-order valence-electron chi connectivity index (χ4n) is 7.43. The van der Waals surface area contributed by atoms with E-state index in [9.17, 15) is 24.5 Å². The lowest BCUT2D eigenvalue weighted by Crippen LogP contribution is -2.46. The number of pyridine rings is 1. The Bertz CT molecular complexity index is 1690. The molecule has 0 saturated carbocycles. The Kier molecular flexibility index (Phi) is 11.1. The first-order chi connectivity index (χ1) is 23.8. The second kappa shape index (κ2) is 15.8. The summed E-state index contributed by atoms with van der Waals surface area (Å²) in [6.07, 6.45) is 6.20. The van der Waals surface area contributed by atoms with E-state index in [2.05, 4.69) is 4.98 Å². The lowest BCUT2D eigenvalue weighted by Gasteiger charge is -2.43. The first kappa shape index (κ1) is 34.4. The molecule has 0 unspecified atom stereocenters. The van der Waals surface area contributed by atoms with Gasteiger partial charge in [0.1, 0.15) is 30.5 Å². The lowest BCUT2D eigenvalue weighted by molar-refractivity contribution is -0.141. The van der Waals surface area contributed by atoms with Gasteiger partial charge in [0.25, 0.3) is 0 Å². The molecule has 0 spiro atoms. The number of carbonyl (C=O) groups is 3. The maximum Gasteiger partial charge on any atom is 0.455 e. The van der Waals surface area contributed by atoms with Crippen molar-refractivity contribution in [1.29, 1.82) is 0 Å². The number of aliphatic carboxylic acids is 1. The van der Waals surface area contributed by atoms with Crippen molar-refractivity contribution >= 4 is 36.6 Å². The average molecular weight is 669 g/mol. The molecule has 49 heavy (non-hydrogen) atoms. The number of aromatic nitrogens is 1. The monoisotopic (exact) mass is 668 g/mol. The van der Waals surface area contributed by atoms with Crippen molar-refractivity contribution in [1.82, 2.24) is 9.88 Å². The van der Waals surface area contributed by atoms with Crippen molar-refractivity contribution in [3.05, 3.63) is 95.2 Å². The number of nitrogens with zero attached hydrogens (tertiary/aromatic N) is 2. The zero-order chi connectivity index (χ0) is 34.3. The number of aliphatic hydroxyl groups is 1. The number of carboxylic acid groups (broad SMARTS) is 1. The van der Waals surface area contributed by atoms with E-state index >= 15 is 0 Å². The molecular formula is C37H41BN2O9.